The minimum Gasteiger partial charge on any atom is -0.296 e. The second-order valence-electron chi connectivity index (χ2n) is 5.54. The van der Waals surface area contributed by atoms with Crippen LogP contribution in [0.2, 0.25) is 5.02 Å². The van der Waals surface area contributed by atoms with Crippen molar-refractivity contribution in [2.45, 2.75) is 6.42 Å². The molecule has 0 spiro atoms. The van der Waals surface area contributed by atoms with Gasteiger partial charge in [-0.15, -0.1) is 20.4 Å². The highest BCUT2D eigenvalue weighted by atomic mass is 35.5. The molecule has 134 valence electrons. The second kappa shape index (κ2) is 7.60. The fourth-order valence-corrected chi connectivity index (χ4v) is 3.36. The molecule has 2 aromatic heterocycles. The van der Waals surface area contributed by atoms with E-state index in [-0.39, 0.29) is 5.91 Å². The summed E-state index contributed by atoms with van der Waals surface area (Å²) in [7, 11) is 0. The van der Waals surface area contributed by atoms with Crippen LogP contribution in [0.4, 0.5) is 5.13 Å². The minimum atomic E-state index is -0.315. The molecule has 8 nitrogen and oxygen atoms in total. The number of H-pyrrole nitrogens is 1. The number of carbonyl (C=O) groups is 1. The third-order valence-corrected chi connectivity index (χ3v) is 4.80. The molecule has 0 aliphatic carbocycles. The Morgan fingerprint density at radius 3 is 2.67 bits per heavy atom. The van der Waals surface area contributed by atoms with Crippen LogP contribution in [-0.2, 0) is 6.42 Å². The van der Waals surface area contributed by atoms with Gasteiger partial charge in [0.2, 0.25) is 11.0 Å². The number of amides is 1. The molecule has 1 amide bonds. The predicted molar refractivity (Wildman–Crippen MR) is 102 cm³/mol. The molecule has 2 N–H and O–H groups in total. The second-order valence-corrected chi connectivity index (χ2v) is 7.04. The highest BCUT2D eigenvalue weighted by molar-refractivity contribution is 7.15. The van der Waals surface area contributed by atoms with Crippen LogP contribution in [0.1, 0.15) is 20.9 Å². The molecular formula is C17H12ClN7OS. The van der Waals surface area contributed by atoms with Crippen molar-refractivity contribution in [1.82, 2.24) is 30.8 Å². The molecule has 0 aliphatic heterocycles. The number of tetrazole rings is 1. The van der Waals surface area contributed by atoms with E-state index in [0.29, 0.717) is 33.5 Å². The normalized spacial score (nSPS) is 10.7. The maximum Gasteiger partial charge on any atom is 0.258 e. The summed E-state index contributed by atoms with van der Waals surface area (Å²) < 4.78 is 0. The Morgan fingerprint density at radius 2 is 1.89 bits per heavy atom. The van der Waals surface area contributed by atoms with E-state index in [0.717, 1.165) is 10.6 Å². The van der Waals surface area contributed by atoms with Gasteiger partial charge in [-0.3, -0.25) is 10.1 Å². The standard InChI is InChI=1S/C17H12ClN7OS/c18-11-7-5-10(6-8-11)9-14-20-23-17(27-14)19-16(26)13-4-2-1-3-12(13)15-21-24-25-22-15/h1-8H,9H2,(H,19,23,26)(H,21,22,24,25). The highest BCUT2D eigenvalue weighted by Crippen LogP contribution is 2.23. The first-order chi connectivity index (χ1) is 13.2. The number of hydrogen-bond acceptors (Lipinski definition) is 7. The molecule has 27 heavy (non-hydrogen) atoms. The lowest BCUT2D eigenvalue weighted by atomic mass is 10.1. The van der Waals surface area contributed by atoms with Crippen molar-refractivity contribution in [3.63, 3.8) is 0 Å². The van der Waals surface area contributed by atoms with Gasteiger partial charge in [0, 0.05) is 17.0 Å². The maximum atomic E-state index is 12.7. The fraction of sp³-hybridized carbons (Fsp3) is 0.0588. The van der Waals surface area contributed by atoms with E-state index in [1.807, 2.05) is 24.3 Å². The first kappa shape index (κ1) is 17.3. The monoisotopic (exact) mass is 397 g/mol. The smallest absolute Gasteiger partial charge is 0.258 e. The third kappa shape index (κ3) is 3.99. The Kier molecular flexibility index (Phi) is 4.86. The number of nitrogens with one attached hydrogen (secondary N) is 2. The van der Waals surface area contributed by atoms with Crippen molar-refractivity contribution in [2.75, 3.05) is 5.32 Å². The minimum absolute atomic E-state index is 0.315. The molecule has 10 heteroatoms. The van der Waals surface area contributed by atoms with Crippen molar-refractivity contribution in [3.05, 3.63) is 69.7 Å². The molecule has 0 saturated carbocycles. The average molecular weight is 398 g/mol. The van der Waals surface area contributed by atoms with Gasteiger partial charge < -0.3 is 0 Å². The number of halogens is 1. The Bertz CT molecular complexity index is 1060. The Hall–Kier alpha value is -3.17. The zero-order valence-electron chi connectivity index (χ0n) is 13.8. The molecule has 4 rings (SSSR count). The largest absolute Gasteiger partial charge is 0.296 e. The lowest BCUT2D eigenvalue weighted by molar-refractivity contribution is 0.102. The summed E-state index contributed by atoms with van der Waals surface area (Å²) in [5.41, 5.74) is 2.07. The number of carbonyl (C=O) groups excluding carboxylic acids is 1. The molecule has 0 fully saturated rings. The van der Waals surface area contributed by atoms with Crippen LogP contribution in [0.25, 0.3) is 11.4 Å². The van der Waals surface area contributed by atoms with Gasteiger partial charge >= 0.3 is 0 Å². The average Bonchev–Trinajstić information content (AvgIpc) is 3.36. The number of hydrogen-bond donors (Lipinski definition) is 2. The van der Waals surface area contributed by atoms with E-state index in [9.17, 15) is 4.79 Å². The van der Waals surface area contributed by atoms with Crippen LogP contribution >= 0.6 is 22.9 Å². The highest BCUT2D eigenvalue weighted by Gasteiger charge is 2.17. The van der Waals surface area contributed by atoms with Gasteiger partial charge in [0.1, 0.15) is 5.01 Å². The number of aromatic nitrogens is 6. The molecule has 2 heterocycles. The van der Waals surface area contributed by atoms with Gasteiger partial charge in [0.15, 0.2) is 0 Å². The number of aromatic amines is 1. The fourth-order valence-electron chi connectivity index (χ4n) is 2.47. The summed E-state index contributed by atoms with van der Waals surface area (Å²) in [4.78, 5) is 12.7. The zero-order valence-corrected chi connectivity index (χ0v) is 15.3. The van der Waals surface area contributed by atoms with Gasteiger partial charge in [-0.2, -0.15) is 5.21 Å². The van der Waals surface area contributed by atoms with Crippen LogP contribution in [0.15, 0.2) is 48.5 Å². The van der Waals surface area contributed by atoms with E-state index in [1.165, 1.54) is 11.3 Å². The van der Waals surface area contributed by atoms with Crippen molar-refractivity contribution >= 4 is 34.0 Å². The van der Waals surface area contributed by atoms with Crippen molar-refractivity contribution < 1.29 is 4.79 Å². The van der Waals surface area contributed by atoms with E-state index < -0.39 is 0 Å². The summed E-state index contributed by atoms with van der Waals surface area (Å²) in [5, 5.41) is 26.6. The van der Waals surface area contributed by atoms with Gasteiger partial charge in [-0.1, -0.05) is 53.3 Å². The molecule has 0 saturated heterocycles. The maximum absolute atomic E-state index is 12.7. The van der Waals surface area contributed by atoms with Gasteiger partial charge in [-0.25, -0.2) is 0 Å². The predicted octanol–water partition coefficient (Wildman–Crippen LogP) is 3.21. The van der Waals surface area contributed by atoms with E-state index in [1.54, 1.807) is 24.3 Å². The molecule has 0 atom stereocenters. The van der Waals surface area contributed by atoms with Gasteiger partial charge in [0.25, 0.3) is 5.91 Å². The summed E-state index contributed by atoms with van der Waals surface area (Å²) in [6, 6.07) is 14.5. The van der Waals surface area contributed by atoms with E-state index >= 15 is 0 Å². The topological polar surface area (TPSA) is 109 Å². The van der Waals surface area contributed by atoms with E-state index in [4.69, 9.17) is 11.6 Å². The molecule has 4 aromatic rings. The summed E-state index contributed by atoms with van der Waals surface area (Å²) in [6.45, 7) is 0. The van der Waals surface area contributed by atoms with Crippen LogP contribution in [-0.4, -0.2) is 36.7 Å². The first-order valence-electron chi connectivity index (χ1n) is 7.90. The number of benzene rings is 2. The van der Waals surface area contributed by atoms with E-state index in [2.05, 4.69) is 36.1 Å². The first-order valence-corrected chi connectivity index (χ1v) is 9.09. The molecule has 0 aliphatic rings. The van der Waals surface area contributed by atoms with Crippen molar-refractivity contribution in [3.8, 4) is 11.4 Å². The number of rotatable bonds is 5. The molecule has 0 bridgehead atoms. The molecule has 0 unspecified atom stereocenters. The van der Waals surface area contributed by atoms with Gasteiger partial charge in [0.05, 0.1) is 5.56 Å². The lowest BCUT2D eigenvalue weighted by Gasteiger charge is -2.05. The van der Waals surface area contributed by atoms with Crippen LogP contribution in [0.3, 0.4) is 0 Å². The molecule has 2 aromatic carbocycles. The van der Waals surface area contributed by atoms with Crippen LogP contribution in [0, 0.1) is 0 Å². The van der Waals surface area contributed by atoms with Crippen LogP contribution in [0.5, 0.6) is 0 Å². The third-order valence-electron chi connectivity index (χ3n) is 3.71. The summed E-state index contributed by atoms with van der Waals surface area (Å²) in [5.74, 6) is 0.0334. The zero-order chi connectivity index (χ0) is 18.6. The molecular weight excluding hydrogens is 386 g/mol. The summed E-state index contributed by atoms with van der Waals surface area (Å²) >= 11 is 7.22. The van der Waals surface area contributed by atoms with Crippen molar-refractivity contribution in [2.24, 2.45) is 0 Å². The number of anilines is 1. The Morgan fingerprint density at radius 1 is 1.07 bits per heavy atom. The van der Waals surface area contributed by atoms with Crippen LogP contribution < -0.4 is 5.32 Å². The quantitative estimate of drug-likeness (QED) is 0.535. The summed E-state index contributed by atoms with van der Waals surface area (Å²) in [6.07, 6.45) is 0.615. The van der Waals surface area contributed by atoms with Crippen molar-refractivity contribution in [1.29, 1.82) is 0 Å². The van der Waals surface area contributed by atoms with Gasteiger partial charge in [-0.05, 0) is 29.0 Å². The Balaban J connectivity index is 1.50. The molecule has 0 radical (unpaired) electrons. The number of nitrogens with zero attached hydrogens (tertiary/aromatic N) is 5. The lowest BCUT2D eigenvalue weighted by Crippen LogP contribution is -2.13. The Labute approximate surface area is 162 Å². The SMILES string of the molecule is O=C(Nc1nnc(Cc2ccc(Cl)cc2)s1)c1ccccc1-c1nn[nH]n1.